The van der Waals surface area contributed by atoms with Crippen LogP contribution >= 0.6 is 0 Å². The number of benzene rings is 1. The van der Waals surface area contributed by atoms with Crippen molar-refractivity contribution in [3.8, 4) is 5.75 Å². The number of carbonyl (C=O) groups excluding carboxylic acids is 1. The van der Waals surface area contributed by atoms with Crippen LogP contribution in [0.2, 0.25) is 0 Å². The summed E-state index contributed by atoms with van der Waals surface area (Å²) in [4.78, 5) is 15.6. The molecule has 2 aromatic rings. The first kappa shape index (κ1) is 31.9. The Hall–Kier alpha value is -2.54. The molecule has 3 heterocycles. The van der Waals surface area contributed by atoms with Gasteiger partial charge in [0.05, 0.1) is 24.7 Å². The Morgan fingerprint density at radius 3 is 2.49 bits per heavy atom. The molecule has 1 aliphatic carbocycles. The van der Waals surface area contributed by atoms with Crippen molar-refractivity contribution in [2.75, 3.05) is 33.4 Å². The van der Waals surface area contributed by atoms with E-state index in [-0.39, 0.29) is 48.9 Å². The summed E-state index contributed by atoms with van der Waals surface area (Å²) in [6.45, 7) is 6.79. The minimum Gasteiger partial charge on any atom is -0.497 e. The molecule has 43 heavy (non-hydrogen) atoms. The third kappa shape index (κ3) is 6.92. The number of fused-ring (bicyclic) bond motifs is 1. The number of amides is 1. The maximum Gasteiger partial charge on any atom is 0.250 e. The van der Waals surface area contributed by atoms with Gasteiger partial charge in [0, 0.05) is 63.0 Å². The molecular formula is C31H44F2N4O5S. The maximum atomic E-state index is 14.1. The fourth-order valence-electron chi connectivity index (χ4n) is 6.92. The van der Waals surface area contributed by atoms with Crippen molar-refractivity contribution < 1.29 is 31.5 Å². The molecule has 0 bridgehead atoms. The number of hydrogen-bond donors (Lipinski definition) is 1. The summed E-state index contributed by atoms with van der Waals surface area (Å²) < 4.78 is 70.4. The van der Waals surface area contributed by atoms with Crippen LogP contribution in [0.5, 0.6) is 5.75 Å². The predicted molar refractivity (Wildman–Crippen MR) is 159 cm³/mol. The van der Waals surface area contributed by atoms with Crippen molar-refractivity contribution in [3.05, 3.63) is 47.3 Å². The number of hydrogen-bond acceptors (Lipinski definition) is 6. The summed E-state index contributed by atoms with van der Waals surface area (Å²) in [5.41, 5.74) is 2.03. The maximum absolute atomic E-state index is 14.1. The fourth-order valence-corrected chi connectivity index (χ4v) is 8.92. The van der Waals surface area contributed by atoms with Gasteiger partial charge in [-0.25, -0.2) is 17.2 Å². The van der Waals surface area contributed by atoms with Gasteiger partial charge in [-0.05, 0) is 81.8 Å². The summed E-state index contributed by atoms with van der Waals surface area (Å²) in [6.07, 6.45) is 4.34. The van der Waals surface area contributed by atoms with Crippen molar-refractivity contribution in [1.29, 1.82) is 0 Å². The molecule has 4 unspecified atom stereocenters. The van der Waals surface area contributed by atoms with Gasteiger partial charge >= 0.3 is 0 Å². The number of halogens is 2. The molecule has 238 valence electrons. The highest BCUT2D eigenvalue weighted by Gasteiger charge is 2.40. The molecule has 0 radical (unpaired) electrons. The van der Waals surface area contributed by atoms with Gasteiger partial charge in [-0.2, -0.15) is 4.31 Å². The van der Waals surface area contributed by atoms with Crippen molar-refractivity contribution in [3.63, 3.8) is 0 Å². The number of alkyl halides is 2. The number of rotatable bonds is 9. The van der Waals surface area contributed by atoms with E-state index in [1.54, 1.807) is 40.0 Å². The van der Waals surface area contributed by atoms with Crippen molar-refractivity contribution in [1.82, 2.24) is 19.1 Å². The van der Waals surface area contributed by atoms with Gasteiger partial charge in [0.2, 0.25) is 15.9 Å². The number of piperidine rings is 1. The summed E-state index contributed by atoms with van der Waals surface area (Å²) in [5, 5.41) is 3.11. The average molecular weight is 623 g/mol. The van der Waals surface area contributed by atoms with E-state index in [1.165, 1.54) is 4.31 Å². The van der Waals surface area contributed by atoms with Gasteiger partial charge in [-0.1, -0.05) is 0 Å². The van der Waals surface area contributed by atoms with Gasteiger partial charge in [-0.3, -0.25) is 9.69 Å². The summed E-state index contributed by atoms with van der Waals surface area (Å²) >= 11 is 0. The molecule has 1 aromatic carbocycles. The first-order chi connectivity index (χ1) is 20.4. The normalized spacial score (nSPS) is 25.6. The number of ether oxygens (including phenoxy) is 2. The minimum atomic E-state index is -3.90. The molecule has 2 aliphatic heterocycles. The number of aromatic nitrogens is 1. The lowest BCUT2D eigenvalue weighted by Crippen LogP contribution is -2.51. The zero-order valence-corrected chi connectivity index (χ0v) is 26.3. The molecule has 9 nitrogen and oxygen atoms in total. The second-order valence-corrected chi connectivity index (χ2v) is 14.1. The lowest BCUT2D eigenvalue weighted by molar-refractivity contribution is -0.133. The Kier molecular flexibility index (Phi) is 9.51. The molecule has 4 atom stereocenters. The number of likely N-dealkylation sites (tertiary alicyclic amines) is 1. The Bertz CT molecular complexity index is 1380. The number of nitrogens with zero attached hydrogens (tertiary/aromatic N) is 3. The van der Waals surface area contributed by atoms with Crippen molar-refractivity contribution in [2.24, 2.45) is 0 Å². The molecule has 1 saturated heterocycles. The van der Waals surface area contributed by atoms with Crippen molar-refractivity contribution in [2.45, 2.75) is 101 Å². The molecular weight excluding hydrogens is 578 g/mol. The van der Waals surface area contributed by atoms with Gasteiger partial charge < -0.3 is 19.4 Å². The lowest BCUT2D eigenvalue weighted by Gasteiger charge is -2.41. The van der Waals surface area contributed by atoms with Crippen LogP contribution in [0.1, 0.15) is 68.3 Å². The van der Waals surface area contributed by atoms with Crippen LogP contribution in [0.25, 0.3) is 0 Å². The summed E-state index contributed by atoms with van der Waals surface area (Å²) in [6, 6.07) is 6.76. The van der Waals surface area contributed by atoms with Crippen LogP contribution in [0, 0.1) is 13.8 Å². The Morgan fingerprint density at radius 2 is 1.81 bits per heavy atom. The van der Waals surface area contributed by atoms with Crippen LogP contribution in [0.3, 0.4) is 0 Å². The van der Waals surface area contributed by atoms with Crippen molar-refractivity contribution >= 4 is 15.9 Å². The number of methoxy groups -OCH3 is 1. The molecule has 12 heteroatoms. The lowest BCUT2D eigenvalue weighted by atomic mass is 9.88. The molecule has 3 aliphatic rings. The van der Waals surface area contributed by atoms with Crippen LogP contribution < -0.4 is 10.1 Å². The van der Waals surface area contributed by atoms with Gasteiger partial charge in [0.15, 0.2) is 0 Å². The van der Waals surface area contributed by atoms with E-state index in [0.29, 0.717) is 36.5 Å². The van der Waals surface area contributed by atoms with Gasteiger partial charge in [0.1, 0.15) is 11.9 Å². The zero-order chi connectivity index (χ0) is 30.9. The Morgan fingerprint density at radius 1 is 1.12 bits per heavy atom. The molecule has 1 aromatic heterocycles. The van der Waals surface area contributed by atoms with E-state index in [4.69, 9.17) is 9.47 Å². The van der Waals surface area contributed by atoms with E-state index in [2.05, 4.69) is 10.2 Å². The van der Waals surface area contributed by atoms with Crippen LogP contribution in [0.4, 0.5) is 8.78 Å². The summed E-state index contributed by atoms with van der Waals surface area (Å²) in [7, 11) is -2.35. The SMILES string of the molecule is COc1cc(C)c(S(=O)(=O)N2CCn3cccc3C2COC(C)C(=O)NC2CCCC(N3CCC(F)(F)CC3)C2)c(C)c1. The average Bonchev–Trinajstić information content (AvgIpc) is 3.44. The molecule has 5 rings (SSSR count). The third-order valence-corrected chi connectivity index (χ3v) is 11.5. The minimum absolute atomic E-state index is 0.0152. The first-order valence-corrected chi connectivity index (χ1v) is 16.7. The molecule has 1 amide bonds. The molecule has 1 N–H and O–H groups in total. The van der Waals surface area contributed by atoms with Crippen LogP contribution in [-0.4, -0.2) is 85.6 Å². The van der Waals surface area contributed by atoms with E-state index in [1.807, 2.05) is 22.9 Å². The number of aryl methyl sites for hydroxylation is 2. The summed E-state index contributed by atoms with van der Waals surface area (Å²) in [5.74, 6) is -2.23. The topological polar surface area (TPSA) is 93.1 Å². The van der Waals surface area contributed by atoms with Crippen LogP contribution in [0.15, 0.2) is 35.4 Å². The molecule has 0 spiro atoms. The zero-order valence-electron chi connectivity index (χ0n) is 25.5. The largest absolute Gasteiger partial charge is 0.497 e. The molecule has 1 saturated carbocycles. The number of carbonyl (C=O) groups is 1. The smallest absolute Gasteiger partial charge is 0.250 e. The second-order valence-electron chi connectivity index (χ2n) is 12.2. The monoisotopic (exact) mass is 622 g/mol. The van der Waals surface area contributed by atoms with Gasteiger partial charge in [0.25, 0.3) is 5.92 Å². The number of nitrogens with one attached hydrogen (secondary N) is 1. The van der Waals surface area contributed by atoms with E-state index >= 15 is 0 Å². The molecule has 2 fully saturated rings. The first-order valence-electron chi connectivity index (χ1n) is 15.3. The highest BCUT2D eigenvalue weighted by atomic mass is 32.2. The quantitative estimate of drug-likeness (QED) is 0.445. The second kappa shape index (κ2) is 12.8. The number of sulfonamides is 1. The van der Waals surface area contributed by atoms with E-state index in [9.17, 15) is 22.0 Å². The highest BCUT2D eigenvalue weighted by Crippen LogP contribution is 2.36. The fraction of sp³-hybridized carbons (Fsp3) is 0.645. The van der Waals surface area contributed by atoms with E-state index in [0.717, 1.165) is 31.4 Å². The predicted octanol–water partition coefficient (Wildman–Crippen LogP) is 4.42. The Balaban J connectivity index is 1.24. The van der Waals surface area contributed by atoms with Crippen LogP contribution in [-0.2, 0) is 26.1 Å². The Labute approximate surface area is 253 Å². The van der Waals surface area contributed by atoms with E-state index < -0.39 is 28.1 Å². The third-order valence-electron chi connectivity index (χ3n) is 9.26. The van der Waals surface area contributed by atoms with Gasteiger partial charge in [-0.15, -0.1) is 0 Å². The standard InChI is InChI=1S/C31H44F2N4O5S/c1-21-17-26(41-4)18-22(2)29(21)43(39,40)37-16-15-36-12-6-9-27(36)28(37)20-42-23(3)30(38)34-24-7-5-8-25(19-24)35-13-10-31(32,33)11-14-35/h6,9,12,17-18,23-25,28H,5,7-8,10-11,13-16,19-20H2,1-4H3,(H,34,38). The highest BCUT2D eigenvalue weighted by molar-refractivity contribution is 7.89.